The van der Waals surface area contributed by atoms with Gasteiger partial charge in [-0.1, -0.05) is 0 Å². The van der Waals surface area contributed by atoms with Gasteiger partial charge in [-0.3, -0.25) is 0 Å². The van der Waals surface area contributed by atoms with Gasteiger partial charge in [0.15, 0.2) is 5.69 Å². The van der Waals surface area contributed by atoms with E-state index in [-0.39, 0.29) is 11.7 Å². The highest BCUT2D eigenvalue weighted by molar-refractivity contribution is 5.85. The van der Waals surface area contributed by atoms with E-state index in [1.54, 1.807) is 13.8 Å². The van der Waals surface area contributed by atoms with Crippen molar-refractivity contribution in [2.45, 2.75) is 26.0 Å². The number of carbonyl (C=O) groups is 1. The largest absolute Gasteiger partial charge is 0.476 e. The van der Waals surface area contributed by atoms with E-state index in [4.69, 9.17) is 5.11 Å². The third-order valence-corrected chi connectivity index (χ3v) is 1.98. The van der Waals surface area contributed by atoms with Gasteiger partial charge in [0.25, 0.3) is 0 Å². The number of aromatic nitrogens is 2. The minimum atomic E-state index is -1.11. The predicted octanol–water partition coefficient (Wildman–Crippen LogP) is 0.356. The van der Waals surface area contributed by atoms with E-state index in [0.29, 0.717) is 5.82 Å². The van der Waals surface area contributed by atoms with Gasteiger partial charge in [0.1, 0.15) is 5.82 Å². The molecule has 1 aromatic heterocycles. The second-order valence-corrected chi connectivity index (χ2v) is 3.28. The predicted molar refractivity (Wildman–Crippen MR) is 53.8 cm³/mol. The summed E-state index contributed by atoms with van der Waals surface area (Å²) in [5, 5.41) is 27.9. The van der Waals surface area contributed by atoms with Crippen molar-refractivity contribution in [3.8, 4) is 0 Å². The lowest BCUT2D eigenvalue weighted by atomic mass is 10.2. The van der Waals surface area contributed by atoms with E-state index in [2.05, 4.69) is 15.5 Å². The van der Waals surface area contributed by atoms with Crippen LogP contribution in [-0.2, 0) is 0 Å². The zero-order chi connectivity index (χ0) is 11.4. The molecule has 0 amide bonds. The van der Waals surface area contributed by atoms with Crippen molar-refractivity contribution in [1.82, 2.24) is 10.2 Å². The first-order valence-electron chi connectivity index (χ1n) is 4.52. The Bertz CT molecular complexity index is 337. The van der Waals surface area contributed by atoms with Gasteiger partial charge in [-0.15, -0.1) is 10.2 Å². The van der Waals surface area contributed by atoms with E-state index >= 15 is 0 Å². The molecule has 15 heavy (non-hydrogen) atoms. The maximum absolute atomic E-state index is 10.5. The summed E-state index contributed by atoms with van der Waals surface area (Å²) in [4.78, 5) is 10.5. The smallest absolute Gasteiger partial charge is 0.356 e. The lowest BCUT2D eigenvalue weighted by Gasteiger charge is -2.16. The lowest BCUT2D eigenvalue weighted by Crippen LogP contribution is -2.28. The molecule has 0 aliphatic rings. The number of hydrogen-bond acceptors (Lipinski definition) is 5. The molecule has 0 bridgehead atoms. The summed E-state index contributed by atoms with van der Waals surface area (Å²) in [5.41, 5.74) is -0.106. The van der Waals surface area contributed by atoms with Gasteiger partial charge in [-0.2, -0.15) is 0 Å². The Morgan fingerprint density at radius 2 is 2.07 bits per heavy atom. The Balaban J connectivity index is 2.68. The van der Waals surface area contributed by atoms with Crippen molar-refractivity contribution in [2.24, 2.45) is 0 Å². The fourth-order valence-electron chi connectivity index (χ4n) is 0.877. The van der Waals surface area contributed by atoms with Gasteiger partial charge in [0.2, 0.25) is 0 Å². The lowest BCUT2D eigenvalue weighted by molar-refractivity contribution is 0.0689. The minimum Gasteiger partial charge on any atom is -0.476 e. The topological polar surface area (TPSA) is 95.3 Å². The number of nitrogens with zero attached hydrogens (tertiary/aromatic N) is 2. The number of carboxylic acid groups (broad SMARTS) is 1. The van der Waals surface area contributed by atoms with Crippen LogP contribution < -0.4 is 5.32 Å². The van der Waals surface area contributed by atoms with Crippen LogP contribution in [0.2, 0.25) is 0 Å². The van der Waals surface area contributed by atoms with E-state index in [0.717, 1.165) is 0 Å². The fourth-order valence-corrected chi connectivity index (χ4v) is 0.877. The molecule has 0 aliphatic carbocycles. The number of carboxylic acids is 1. The number of rotatable bonds is 4. The number of anilines is 1. The maximum Gasteiger partial charge on any atom is 0.356 e. The Morgan fingerprint density at radius 1 is 1.40 bits per heavy atom. The second-order valence-electron chi connectivity index (χ2n) is 3.28. The van der Waals surface area contributed by atoms with E-state index in [1.807, 2.05) is 0 Å². The first-order chi connectivity index (χ1) is 7.00. The Labute approximate surface area is 87.0 Å². The number of hydrogen-bond donors (Lipinski definition) is 3. The van der Waals surface area contributed by atoms with Crippen LogP contribution in [0, 0.1) is 0 Å². The zero-order valence-electron chi connectivity index (χ0n) is 8.51. The molecule has 0 aliphatic heterocycles. The molecule has 0 aromatic carbocycles. The molecule has 0 spiro atoms. The molecule has 6 heteroatoms. The summed E-state index contributed by atoms with van der Waals surface area (Å²) in [6.07, 6.45) is -0.522. The zero-order valence-corrected chi connectivity index (χ0v) is 8.51. The summed E-state index contributed by atoms with van der Waals surface area (Å²) in [5.74, 6) is -0.675. The van der Waals surface area contributed by atoms with Gasteiger partial charge in [0.05, 0.1) is 12.1 Å². The molecule has 0 saturated heterocycles. The molecule has 0 fully saturated rings. The first-order valence-corrected chi connectivity index (χ1v) is 4.52. The van der Waals surface area contributed by atoms with Crippen molar-refractivity contribution in [1.29, 1.82) is 0 Å². The van der Waals surface area contributed by atoms with Crippen LogP contribution in [0.25, 0.3) is 0 Å². The monoisotopic (exact) mass is 211 g/mol. The van der Waals surface area contributed by atoms with Crippen LogP contribution in [-0.4, -0.2) is 38.5 Å². The second kappa shape index (κ2) is 4.70. The average molecular weight is 211 g/mol. The van der Waals surface area contributed by atoms with Gasteiger partial charge < -0.3 is 15.5 Å². The summed E-state index contributed by atoms with van der Waals surface area (Å²) in [7, 11) is 0. The third-order valence-electron chi connectivity index (χ3n) is 1.98. The summed E-state index contributed by atoms with van der Waals surface area (Å²) >= 11 is 0. The highest BCUT2D eigenvalue weighted by Crippen LogP contribution is 2.05. The van der Waals surface area contributed by atoms with Crippen LogP contribution >= 0.6 is 0 Å². The molecule has 1 heterocycles. The summed E-state index contributed by atoms with van der Waals surface area (Å²) in [6, 6.07) is 2.69. The SMILES string of the molecule is CC(O)C(C)Nc1ccc(C(=O)O)nn1. The molecule has 0 saturated carbocycles. The van der Waals surface area contributed by atoms with Crippen LogP contribution in [0.1, 0.15) is 24.3 Å². The average Bonchev–Trinajstić information content (AvgIpc) is 2.18. The van der Waals surface area contributed by atoms with Gasteiger partial charge in [0, 0.05) is 0 Å². The molecular weight excluding hydrogens is 198 g/mol. The maximum atomic E-state index is 10.5. The van der Waals surface area contributed by atoms with Gasteiger partial charge >= 0.3 is 5.97 Å². The van der Waals surface area contributed by atoms with Gasteiger partial charge in [-0.05, 0) is 26.0 Å². The molecule has 6 nitrogen and oxygen atoms in total. The molecule has 1 rings (SSSR count). The number of aliphatic hydroxyl groups is 1. The number of nitrogens with one attached hydrogen (secondary N) is 1. The standard InChI is InChI=1S/C9H13N3O3/c1-5(6(2)13)10-8-4-3-7(9(14)15)11-12-8/h3-6,13H,1-2H3,(H,10,12)(H,14,15). The quantitative estimate of drug-likeness (QED) is 0.665. The summed E-state index contributed by atoms with van der Waals surface area (Å²) in [6.45, 7) is 3.44. The van der Waals surface area contributed by atoms with Crippen LogP contribution in [0.3, 0.4) is 0 Å². The normalized spacial score (nSPS) is 14.3. The highest BCUT2D eigenvalue weighted by atomic mass is 16.4. The minimum absolute atomic E-state index is 0.106. The number of aliphatic hydroxyl groups excluding tert-OH is 1. The molecule has 1 aromatic rings. The van der Waals surface area contributed by atoms with Crippen LogP contribution in [0.4, 0.5) is 5.82 Å². The molecule has 3 N–H and O–H groups in total. The highest BCUT2D eigenvalue weighted by Gasteiger charge is 2.10. The van der Waals surface area contributed by atoms with E-state index in [9.17, 15) is 9.90 Å². The van der Waals surface area contributed by atoms with Crippen molar-refractivity contribution in [3.05, 3.63) is 17.8 Å². The van der Waals surface area contributed by atoms with Crippen LogP contribution in [0.15, 0.2) is 12.1 Å². The van der Waals surface area contributed by atoms with Crippen LogP contribution in [0.5, 0.6) is 0 Å². The third kappa shape index (κ3) is 3.17. The molecule has 2 atom stereocenters. The molecule has 2 unspecified atom stereocenters. The fraction of sp³-hybridized carbons (Fsp3) is 0.444. The molecular formula is C9H13N3O3. The van der Waals surface area contributed by atoms with E-state index in [1.165, 1.54) is 12.1 Å². The van der Waals surface area contributed by atoms with Crippen molar-refractivity contribution < 1.29 is 15.0 Å². The Hall–Kier alpha value is -1.69. The first kappa shape index (κ1) is 11.4. The van der Waals surface area contributed by atoms with Crippen molar-refractivity contribution in [3.63, 3.8) is 0 Å². The summed E-state index contributed by atoms with van der Waals surface area (Å²) < 4.78 is 0. The molecule has 82 valence electrons. The van der Waals surface area contributed by atoms with Crippen molar-refractivity contribution >= 4 is 11.8 Å². The van der Waals surface area contributed by atoms with Crippen molar-refractivity contribution in [2.75, 3.05) is 5.32 Å². The Morgan fingerprint density at radius 3 is 2.47 bits per heavy atom. The van der Waals surface area contributed by atoms with Gasteiger partial charge in [-0.25, -0.2) is 4.79 Å². The molecule has 0 radical (unpaired) electrons. The van der Waals surface area contributed by atoms with E-state index < -0.39 is 12.1 Å². The number of aromatic carboxylic acids is 1. The Kier molecular flexibility index (Phi) is 3.56.